The highest BCUT2D eigenvalue weighted by molar-refractivity contribution is 6.29. The highest BCUT2D eigenvalue weighted by atomic mass is 35.5. The Labute approximate surface area is 165 Å². The molecule has 0 aliphatic heterocycles. The predicted octanol–water partition coefficient (Wildman–Crippen LogP) is 3.12. The summed E-state index contributed by atoms with van der Waals surface area (Å²) in [5.74, 6) is 0.242. The fourth-order valence-electron chi connectivity index (χ4n) is 2.72. The molecule has 140 valence electrons. The lowest BCUT2D eigenvalue weighted by Gasteiger charge is -2.16. The van der Waals surface area contributed by atoms with Crippen LogP contribution in [0.2, 0.25) is 5.15 Å². The van der Waals surface area contributed by atoms with Crippen molar-refractivity contribution in [1.29, 1.82) is 0 Å². The van der Waals surface area contributed by atoms with Gasteiger partial charge in [-0.25, -0.2) is 19.9 Å². The van der Waals surface area contributed by atoms with Crippen LogP contribution >= 0.6 is 11.6 Å². The number of anilines is 1. The first-order chi connectivity index (χ1) is 13.6. The number of imidazole rings is 1. The molecule has 0 bridgehead atoms. The molecule has 0 radical (unpaired) electrons. The normalized spacial score (nSPS) is 10.8. The van der Waals surface area contributed by atoms with Gasteiger partial charge in [0.2, 0.25) is 5.88 Å². The number of aromatic nitrogens is 5. The van der Waals surface area contributed by atoms with Crippen LogP contribution < -0.4 is 9.64 Å². The van der Waals surface area contributed by atoms with Gasteiger partial charge in [0.05, 0.1) is 37.1 Å². The second-order valence-corrected chi connectivity index (χ2v) is 6.32. The van der Waals surface area contributed by atoms with Crippen LogP contribution in [0.25, 0.3) is 16.9 Å². The number of hydrogen-bond acceptors (Lipinski definition) is 6. The summed E-state index contributed by atoms with van der Waals surface area (Å²) < 4.78 is 6.90. The smallest absolute Gasteiger partial charge is 0.278 e. The number of nitrogens with zero attached hydrogens (tertiary/aromatic N) is 6. The molecule has 0 aromatic carbocycles. The zero-order valence-electron chi connectivity index (χ0n) is 15.1. The van der Waals surface area contributed by atoms with E-state index in [2.05, 4.69) is 19.9 Å². The second kappa shape index (κ2) is 7.24. The van der Waals surface area contributed by atoms with Crippen molar-refractivity contribution in [2.45, 2.75) is 0 Å². The van der Waals surface area contributed by atoms with Crippen LogP contribution in [0.4, 0.5) is 5.69 Å². The Bertz CT molecular complexity index is 1140. The van der Waals surface area contributed by atoms with E-state index in [9.17, 15) is 4.79 Å². The number of methoxy groups -OCH3 is 1. The molecule has 9 heteroatoms. The third-order valence-electron chi connectivity index (χ3n) is 4.26. The first-order valence-corrected chi connectivity index (χ1v) is 8.68. The molecule has 1 amide bonds. The summed E-state index contributed by atoms with van der Waals surface area (Å²) in [6.07, 6.45) is 8.15. The van der Waals surface area contributed by atoms with E-state index in [1.54, 1.807) is 61.5 Å². The second-order valence-electron chi connectivity index (χ2n) is 5.94. The van der Waals surface area contributed by atoms with Gasteiger partial charge in [-0.05, 0) is 18.2 Å². The molecule has 4 aromatic heterocycles. The maximum atomic E-state index is 12.9. The van der Waals surface area contributed by atoms with E-state index >= 15 is 0 Å². The Hall–Kier alpha value is -3.52. The van der Waals surface area contributed by atoms with Gasteiger partial charge in [-0.15, -0.1) is 0 Å². The minimum atomic E-state index is -0.279. The third-order valence-corrected chi connectivity index (χ3v) is 4.48. The highest BCUT2D eigenvalue weighted by Crippen LogP contribution is 2.22. The fraction of sp³-hybridized carbons (Fsp3) is 0.105. The first kappa shape index (κ1) is 17.9. The third kappa shape index (κ3) is 3.25. The molecule has 4 aromatic rings. The van der Waals surface area contributed by atoms with Crippen molar-refractivity contribution >= 4 is 28.8 Å². The molecule has 28 heavy (non-hydrogen) atoms. The lowest BCUT2D eigenvalue weighted by Crippen LogP contribution is -2.27. The predicted molar refractivity (Wildman–Crippen MR) is 105 cm³/mol. The Morgan fingerprint density at radius 3 is 2.57 bits per heavy atom. The van der Waals surface area contributed by atoms with Crippen LogP contribution in [0.5, 0.6) is 5.88 Å². The fourth-order valence-corrected chi connectivity index (χ4v) is 2.83. The molecule has 0 aliphatic carbocycles. The van der Waals surface area contributed by atoms with E-state index in [0.717, 1.165) is 11.3 Å². The monoisotopic (exact) mass is 394 g/mol. The number of fused-ring (bicyclic) bond motifs is 1. The van der Waals surface area contributed by atoms with Crippen molar-refractivity contribution in [2.24, 2.45) is 0 Å². The summed E-state index contributed by atoms with van der Waals surface area (Å²) in [5.41, 5.74) is 3.14. The van der Waals surface area contributed by atoms with Gasteiger partial charge in [0.25, 0.3) is 5.91 Å². The van der Waals surface area contributed by atoms with Crippen molar-refractivity contribution in [2.75, 3.05) is 19.1 Å². The quantitative estimate of drug-likeness (QED) is 0.494. The molecule has 8 nitrogen and oxygen atoms in total. The number of amides is 1. The van der Waals surface area contributed by atoms with E-state index in [1.165, 1.54) is 11.1 Å². The maximum absolute atomic E-state index is 12.9. The lowest BCUT2D eigenvalue weighted by atomic mass is 10.2. The molecule has 0 fully saturated rings. The summed E-state index contributed by atoms with van der Waals surface area (Å²) in [7, 11) is 3.22. The molecule has 0 saturated carbocycles. The summed E-state index contributed by atoms with van der Waals surface area (Å²) in [6.45, 7) is 0. The number of carbonyl (C=O) groups excluding carboxylic acids is 1. The molecule has 4 rings (SSSR count). The van der Waals surface area contributed by atoms with Crippen LogP contribution in [0.15, 0.2) is 55.2 Å². The SMILES string of the molecule is COc1ccc(-c2cnc3cnc(C(=O)N(C)c4ccc(Cl)nc4)cn23)cn1. The average Bonchev–Trinajstić information content (AvgIpc) is 3.16. The summed E-state index contributed by atoms with van der Waals surface area (Å²) in [6, 6.07) is 6.99. The minimum Gasteiger partial charge on any atom is -0.481 e. The molecular formula is C19H15ClN6O2. The molecule has 0 spiro atoms. The Morgan fingerprint density at radius 1 is 1.04 bits per heavy atom. The minimum absolute atomic E-state index is 0.269. The molecule has 4 heterocycles. The molecular weight excluding hydrogens is 380 g/mol. The van der Waals surface area contributed by atoms with Gasteiger partial charge < -0.3 is 9.64 Å². The van der Waals surface area contributed by atoms with Gasteiger partial charge in [-0.1, -0.05) is 11.6 Å². The molecule has 0 unspecified atom stereocenters. The average molecular weight is 395 g/mol. The van der Waals surface area contributed by atoms with Gasteiger partial charge in [-0.3, -0.25) is 9.20 Å². The maximum Gasteiger partial charge on any atom is 0.278 e. The number of ether oxygens (including phenoxy) is 1. The van der Waals surface area contributed by atoms with Gasteiger partial charge >= 0.3 is 0 Å². The largest absolute Gasteiger partial charge is 0.481 e. The topological polar surface area (TPSA) is 85.5 Å². The van der Waals surface area contributed by atoms with Gasteiger partial charge in [0.15, 0.2) is 5.65 Å². The summed E-state index contributed by atoms with van der Waals surface area (Å²) in [5, 5.41) is 0.361. The van der Waals surface area contributed by atoms with Crippen molar-refractivity contribution < 1.29 is 9.53 Å². The van der Waals surface area contributed by atoms with Crippen LogP contribution in [0.1, 0.15) is 10.5 Å². The van der Waals surface area contributed by atoms with Crippen LogP contribution in [-0.4, -0.2) is 44.4 Å². The number of rotatable bonds is 4. The zero-order valence-corrected chi connectivity index (χ0v) is 15.8. The van der Waals surface area contributed by atoms with E-state index < -0.39 is 0 Å². The molecule has 0 N–H and O–H groups in total. The molecule has 0 aliphatic rings. The number of halogens is 1. The lowest BCUT2D eigenvalue weighted by molar-refractivity contribution is 0.0987. The zero-order chi connectivity index (χ0) is 19.7. The Morgan fingerprint density at radius 2 is 1.89 bits per heavy atom. The first-order valence-electron chi connectivity index (χ1n) is 8.30. The number of hydrogen-bond donors (Lipinski definition) is 0. The van der Waals surface area contributed by atoms with Crippen LogP contribution in [0, 0.1) is 0 Å². The highest BCUT2D eigenvalue weighted by Gasteiger charge is 2.17. The van der Waals surface area contributed by atoms with Crippen molar-refractivity contribution in [3.05, 3.63) is 66.1 Å². The number of carbonyl (C=O) groups is 1. The Kier molecular flexibility index (Phi) is 4.62. The Balaban J connectivity index is 1.70. The van der Waals surface area contributed by atoms with Crippen LogP contribution in [0.3, 0.4) is 0 Å². The summed E-state index contributed by atoms with van der Waals surface area (Å²) in [4.78, 5) is 31.1. The van der Waals surface area contributed by atoms with E-state index in [4.69, 9.17) is 16.3 Å². The van der Waals surface area contributed by atoms with Crippen molar-refractivity contribution in [1.82, 2.24) is 24.3 Å². The van der Waals surface area contributed by atoms with E-state index in [0.29, 0.717) is 22.4 Å². The standard InChI is InChI=1S/C19H15ClN6O2/c1-25(13-4-5-16(20)22-8-13)19(27)14-11-26-15(9-23-17(26)10-21-14)12-3-6-18(28-2)24-7-12/h3-11H,1-2H3. The molecule has 0 saturated heterocycles. The van der Waals surface area contributed by atoms with Gasteiger partial charge in [0.1, 0.15) is 10.8 Å². The molecule has 0 atom stereocenters. The summed E-state index contributed by atoms with van der Waals surface area (Å²) >= 11 is 5.81. The van der Waals surface area contributed by atoms with Crippen LogP contribution in [-0.2, 0) is 0 Å². The van der Waals surface area contributed by atoms with Crippen molar-refractivity contribution in [3.8, 4) is 17.1 Å². The van der Waals surface area contributed by atoms with Gasteiger partial charge in [0, 0.05) is 31.1 Å². The van der Waals surface area contributed by atoms with Crippen molar-refractivity contribution in [3.63, 3.8) is 0 Å². The number of pyridine rings is 2. The van der Waals surface area contributed by atoms with E-state index in [1.807, 2.05) is 6.07 Å². The van der Waals surface area contributed by atoms with Gasteiger partial charge in [-0.2, -0.15) is 0 Å². The van der Waals surface area contributed by atoms with E-state index in [-0.39, 0.29) is 11.6 Å².